The molecule has 0 aliphatic rings. The number of nitrogens with one attached hydrogen (secondary N) is 2. The largest absolute Gasteiger partial charge is 0.493 e. The molecule has 0 aromatic heterocycles. The standard InChI is InChI=1S/C28H38N2O4/c1-4-6-8-9-10-16-29-28(33)30-24-13-11-12-23(20-24)25-15-14-22(18-21(3)27(31)32)19-26(25)34-17-7-5-2/h11-15,18-20H,4-10,16-17H2,1-3H3,(H,31,32)(H2,29,30,33)/b21-18-. The van der Waals surface area contributed by atoms with E-state index >= 15 is 0 Å². The van der Waals surface area contributed by atoms with Crippen LogP contribution in [-0.4, -0.2) is 30.3 Å². The van der Waals surface area contributed by atoms with E-state index in [2.05, 4.69) is 24.5 Å². The molecule has 34 heavy (non-hydrogen) atoms. The van der Waals surface area contributed by atoms with Crippen LogP contribution in [-0.2, 0) is 4.79 Å². The summed E-state index contributed by atoms with van der Waals surface area (Å²) in [5.74, 6) is -0.260. The monoisotopic (exact) mass is 466 g/mol. The number of carbonyl (C=O) groups excluding carboxylic acids is 1. The Kier molecular flexibility index (Phi) is 11.7. The smallest absolute Gasteiger partial charge is 0.331 e. The summed E-state index contributed by atoms with van der Waals surface area (Å²) in [7, 11) is 0. The summed E-state index contributed by atoms with van der Waals surface area (Å²) in [5.41, 5.74) is 3.53. The first-order valence-electron chi connectivity index (χ1n) is 12.3. The van der Waals surface area contributed by atoms with E-state index in [1.807, 2.05) is 42.5 Å². The van der Waals surface area contributed by atoms with Crippen molar-refractivity contribution in [1.82, 2.24) is 5.32 Å². The number of amides is 2. The van der Waals surface area contributed by atoms with E-state index in [1.54, 1.807) is 13.0 Å². The highest BCUT2D eigenvalue weighted by Crippen LogP contribution is 2.33. The highest BCUT2D eigenvalue weighted by Gasteiger charge is 2.10. The second-order valence-corrected chi connectivity index (χ2v) is 8.47. The summed E-state index contributed by atoms with van der Waals surface area (Å²) < 4.78 is 6.05. The van der Waals surface area contributed by atoms with E-state index < -0.39 is 5.97 Å². The van der Waals surface area contributed by atoms with Crippen LogP contribution in [0.5, 0.6) is 5.75 Å². The fourth-order valence-corrected chi connectivity index (χ4v) is 3.50. The number of carboxylic acid groups (broad SMARTS) is 1. The van der Waals surface area contributed by atoms with E-state index in [1.165, 1.54) is 19.3 Å². The van der Waals surface area contributed by atoms with Crippen LogP contribution in [0, 0.1) is 0 Å². The normalized spacial score (nSPS) is 11.2. The van der Waals surface area contributed by atoms with Gasteiger partial charge in [-0.3, -0.25) is 0 Å². The quantitative estimate of drug-likeness (QED) is 0.204. The predicted molar refractivity (Wildman–Crippen MR) is 139 cm³/mol. The summed E-state index contributed by atoms with van der Waals surface area (Å²) in [4.78, 5) is 23.5. The Morgan fingerprint density at radius 2 is 1.74 bits per heavy atom. The minimum atomic E-state index is -0.949. The van der Waals surface area contributed by atoms with Gasteiger partial charge in [0.05, 0.1) is 6.61 Å². The van der Waals surface area contributed by atoms with Crippen molar-refractivity contribution in [2.45, 2.75) is 65.7 Å². The topological polar surface area (TPSA) is 87.7 Å². The zero-order valence-electron chi connectivity index (χ0n) is 20.7. The molecule has 184 valence electrons. The van der Waals surface area contributed by atoms with E-state index in [9.17, 15) is 14.7 Å². The lowest BCUT2D eigenvalue weighted by atomic mass is 10.0. The van der Waals surface area contributed by atoms with Gasteiger partial charge in [-0.05, 0) is 55.2 Å². The third kappa shape index (κ3) is 9.30. The number of carboxylic acids is 1. The van der Waals surface area contributed by atoms with Gasteiger partial charge in [0.2, 0.25) is 0 Å². The molecule has 0 spiro atoms. The number of hydrogen-bond acceptors (Lipinski definition) is 3. The molecule has 0 aliphatic carbocycles. The van der Waals surface area contributed by atoms with Crippen molar-refractivity contribution in [2.24, 2.45) is 0 Å². The van der Waals surface area contributed by atoms with Crippen LogP contribution >= 0.6 is 0 Å². The average molecular weight is 467 g/mol. The molecule has 0 bridgehead atoms. The molecular weight excluding hydrogens is 428 g/mol. The van der Waals surface area contributed by atoms with Gasteiger partial charge < -0.3 is 20.5 Å². The first-order chi connectivity index (χ1) is 16.4. The first-order valence-corrected chi connectivity index (χ1v) is 12.3. The number of aliphatic carboxylic acids is 1. The van der Waals surface area contributed by atoms with Crippen molar-refractivity contribution in [3.63, 3.8) is 0 Å². The lowest BCUT2D eigenvalue weighted by Crippen LogP contribution is -2.29. The highest BCUT2D eigenvalue weighted by molar-refractivity contribution is 5.92. The van der Waals surface area contributed by atoms with Gasteiger partial charge in [-0.25, -0.2) is 9.59 Å². The van der Waals surface area contributed by atoms with Crippen molar-refractivity contribution >= 4 is 23.8 Å². The Bertz CT molecular complexity index is 969. The van der Waals surface area contributed by atoms with Crippen LogP contribution in [0.15, 0.2) is 48.0 Å². The maximum absolute atomic E-state index is 12.3. The second-order valence-electron chi connectivity index (χ2n) is 8.47. The summed E-state index contributed by atoms with van der Waals surface area (Å²) in [5, 5.41) is 15.0. The number of ether oxygens (including phenoxy) is 1. The van der Waals surface area contributed by atoms with Gasteiger partial charge in [0.1, 0.15) is 5.75 Å². The van der Waals surface area contributed by atoms with Crippen molar-refractivity contribution in [3.05, 3.63) is 53.6 Å². The first kappa shape index (κ1) is 27.0. The number of benzene rings is 2. The maximum atomic E-state index is 12.3. The molecule has 0 atom stereocenters. The number of carbonyl (C=O) groups is 2. The Morgan fingerprint density at radius 1 is 0.971 bits per heavy atom. The molecule has 0 saturated carbocycles. The minimum Gasteiger partial charge on any atom is -0.493 e. The lowest BCUT2D eigenvalue weighted by molar-refractivity contribution is -0.132. The Morgan fingerprint density at radius 3 is 2.47 bits per heavy atom. The highest BCUT2D eigenvalue weighted by atomic mass is 16.5. The molecule has 0 unspecified atom stereocenters. The molecule has 6 heteroatoms. The van der Waals surface area contributed by atoms with Crippen LogP contribution in [0.2, 0.25) is 0 Å². The Hall–Kier alpha value is -3.28. The van der Waals surface area contributed by atoms with Crippen LogP contribution in [0.4, 0.5) is 10.5 Å². The molecule has 2 aromatic carbocycles. The molecule has 2 amide bonds. The number of rotatable bonds is 14. The maximum Gasteiger partial charge on any atom is 0.331 e. The van der Waals surface area contributed by atoms with Crippen LogP contribution < -0.4 is 15.4 Å². The number of urea groups is 1. The molecule has 2 rings (SSSR count). The van der Waals surface area contributed by atoms with Gasteiger partial charge in [0.25, 0.3) is 0 Å². The summed E-state index contributed by atoms with van der Waals surface area (Å²) >= 11 is 0. The van der Waals surface area contributed by atoms with Gasteiger partial charge in [0, 0.05) is 23.4 Å². The van der Waals surface area contributed by atoms with Crippen molar-refractivity contribution in [2.75, 3.05) is 18.5 Å². The van der Waals surface area contributed by atoms with Gasteiger partial charge in [-0.2, -0.15) is 0 Å². The van der Waals surface area contributed by atoms with Crippen LogP contribution in [0.3, 0.4) is 0 Å². The molecular formula is C28H38N2O4. The second kappa shape index (κ2) is 14.8. The van der Waals surface area contributed by atoms with Crippen LogP contribution in [0.1, 0.15) is 71.3 Å². The number of anilines is 1. The number of unbranched alkanes of at least 4 members (excludes halogenated alkanes) is 5. The molecule has 0 saturated heterocycles. The van der Waals surface area contributed by atoms with Gasteiger partial charge in [0.15, 0.2) is 0 Å². The molecule has 0 aliphatic heterocycles. The fourth-order valence-electron chi connectivity index (χ4n) is 3.50. The zero-order chi connectivity index (χ0) is 24.8. The van der Waals surface area contributed by atoms with Gasteiger partial charge in [-0.1, -0.05) is 70.2 Å². The van der Waals surface area contributed by atoms with Crippen molar-refractivity contribution in [3.8, 4) is 16.9 Å². The molecule has 0 heterocycles. The minimum absolute atomic E-state index is 0.211. The number of hydrogen-bond donors (Lipinski definition) is 3. The molecule has 0 radical (unpaired) electrons. The predicted octanol–water partition coefficient (Wildman–Crippen LogP) is 7.11. The Balaban J connectivity index is 2.14. The lowest BCUT2D eigenvalue weighted by Gasteiger charge is -2.14. The summed E-state index contributed by atoms with van der Waals surface area (Å²) in [6, 6.07) is 13.1. The van der Waals surface area contributed by atoms with Crippen LogP contribution in [0.25, 0.3) is 17.2 Å². The van der Waals surface area contributed by atoms with E-state index in [4.69, 9.17) is 4.74 Å². The Labute approximate surface area is 203 Å². The third-order valence-corrected chi connectivity index (χ3v) is 5.48. The third-order valence-electron chi connectivity index (χ3n) is 5.48. The summed E-state index contributed by atoms with van der Waals surface area (Å²) in [6.45, 7) is 7.10. The molecule has 3 N–H and O–H groups in total. The zero-order valence-corrected chi connectivity index (χ0v) is 20.7. The molecule has 0 fully saturated rings. The van der Waals surface area contributed by atoms with Gasteiger partial charge >= 0.3 is 12.0 Å². The van der Waals surface area contributed by atoms with E-state index in [-0.39, 0.29) is 11.6 Å². The summed E-state index contributed by atoms with van der Waals surface area (Å²) in [6.07, 6.45) is 9.32. The SMILES string of the molecule is CCCCCCCNC(=O)Nc1cccc(-c2ccc(/C=C(/C)C(=O)O)cc2OCCCC)c1. The molecule has 2 aromatic rings. The van der Waals surface area contributed by atoms with E-state index in [0.29, 0.717) is 24.6 Å². The van der Waals surface area contributed by atoms with Crippen molar-refractivity contribution in [1.29, 1.82) is 0 Å². The average Bonchev–Trinajstić information content (AvgIpc) is 2.82. The fraction of sp³-hybridized carbons (Fsp3) is 0.429. The van der Waals surface area contributed by atoms with Gasteiger partial charge in [-0.15, -0.1) is 0 Å². The van der Waals surface area contributed by atoms with Crippen molar-refractivity contribution < 1.29 is 19.4 Å². The molecule has 6 nitrogen and oxygen atoms in total. The van der Waals surface area contributed by atoms with E-state index in [0.717, 1.165) is 42.4 Å².